The SMILES string of the molecule is COC(=O)CCC1CCC(N2CCN(c3ccc4c(c3)CCN(CC=Cc3ccccc3)CC4)C2=O)CC1. The van der Waals surface area contributed by atoms with Crippen LogP contribution in [0.25, 0.3) is 6.08 Å². The van der Waals surface area contributed by atoms with Crippen LogP contribution in [0.5, 0.6) is 0 Å². The minimum Gasteiger partial charge on any atom is -0.469 e. The topological polar surface area (TPSA) is 53.1 Å². The molecule has 6 heteroatoms. The van der Waals surface area contributed by atoms with Gasteiger partial charge in [0.25, 0.3) is 0 Å². The van der Waals surface area contributed by atoms with E-state index in [1.54, 1.807) is 0 Å². The van der Waals surface area contributed by atoms with Gasteiger partial charge in [-0.2, -0.15) is 0 Å². The molecule has 2 aromatic rings. The molecule has 2 heterocycles. The van der Waals surface area contributed by atoms with Crippen molar-refractivity contribution in [1.29, 1.82) is 0 Å². The molecule has 6 nitrogen and oxygen atoms in total. The molecule has 2 aromatic carbocycles. The zero-order chi connectivity index (χ0) is 26.3. The van der Waals surface area contributed by atoms with Crippen LogP contribution in [-0.2, 0) is 22.4 Å². The number of rotatable bonds is 8. The molecule has 0 bridgehead atoms. The van der Waals surface area contributed by atoms with Gasteiger partial charge in [-0.3, -0.25) is 14.6 Å². The third-order valence-corrected chi connectivity index (χ3v) is 8.65. The molecule has 1 saturated carbocycles. The van der Waals surface area contributed by atoms with Crippen molar-refractivity contribution in [3.8, 4) is 0 Å². The zero-order valence-electron chi connectivity index (χ0n) is 22.7. The molecular formula is C32H41N3O3. The standard InChI is InChI=1S/C32H41N3O3/c1-38-31(36)16-11-26-9-13-29(14-10-26)34-22-23-35(32(34)37)30-15-12-27-17-20-33(21-18-28(27)24-30)19-5-8-25-6-3-2-4-7-25/h2-8,12,15,24,26,29H,9-11,13-14,16-23H2,1H3. The Morgan fingerprint density at radius 3 is 2.47 bits per heavy atom. The van der Waals surface area contributed by atoms with E-state index in [1.165, 1.54) is 23.8 Å². The van der Waals surface area contributed by atoms with Crippen molar-refractivity contribution in [1.82, 2.24) is 9.80 Å². The lowest BCUT2D eigenvalue weighted by Crippen LogP contribution is -2.41. The summed E-state index contributed by atoms with van der Waals surface area (Å²) in [6.07, 6.45) is 12.2. The Balaban J connectivity index is 1.13. The molecule has 202 valence electrons. The Hall–Kier alpha value is -3.12. The highest BCUT2D eigenvalue weighted by Gasteiger charge is 2.36. The number of ether oxygens (including phenoxy) is 1. The molecule has 0 aromatic heterocycles. The minimum atomic E-state index is -0.120. The van der Waals surface area contributed by atoms with Crippen LogP contribution in [0.3, 0.4) is 0 Å². The molecule has 3 aliphatic rings. The highest BCUT2D eigenvalue weighted by atomic mass is 16.5. The number of hydrogen-bond donors (Lipinski definition) is 0. The Labute approximate surface area is 227 Å². The number of anilines is 1. The molecule has 1 saturated heterocycles. The average molecular weight is 516 g/mol. The summed E-state index contributed by atoms with van der Waals surface area (Å²) >= 11 is 0. The maximum absolute atomic E-state index is 13.4. The van der Waals surface area contributed by atoms with Gasteiger partial charge < -0.3 is 9.64 Å². The van der Waals surface area contributed by atoms with E-state index in [1.807, 2.05) is 11.0 Å². The number of carbonyl (C=O) groups is 2. The fourth-order valence-corrected chi connectivity index (χ4v) is 6.31. The second kappa shape index (κ2) is 12.6. The molecule has 2 amide bonds. The van der Waals surface area contributed by atoms with Gasteiger partial charge >= 0.3 is 12.0 Å². The van der Waals surface area contributed by atoms with E-state index in [-0.39, 0.29) is 12.0 Å². The summed E-state index contributed by atoms with van der Waals surface area (Å²) in [5.41, 5.74) is 5.08. The predicted octanol–water partition coefficient (Wildman–Crippen LogP) is 5.55. The molecule has 38 heavy (non-hydrogen) atoms. The maximum atomic E-state index is 13.4. The first kappa shape index (κ1) is 26.5. The highest BCUT2D eigenvalue weighted by molar-refractivity contribution is 5.94. The molecule has 0 radical (unpaired) electrons. The summed E-state index contributed by atoms with van der Waals surface area (Å²) in [5, 5.41) is 0. The van der Waals surface area contributed by atoms with Gasteiger partial charge in [0.2, 0.25) is 0 Å². The molecule has 2 aliphatic heterocycles. The third-order valence-electron chi connectivity index (χ3n) is 8.65. The van der Waals surface area contributed by atoms with E-state index in [2.05, 4.69) is 64.4 Å². The van der Waals surface area contributed by atoms with Crippen LogP contribution in [-0.4, -0.2) is 67.7 Å². The fraction of sp³-hybridized carbons (Fsp3) is 0.500. The van der Waals surface area contributed by atoms with E-state index < -0.39 is 0 Å². The second-order valence-electron chi connectivity index (χ2n) is 11.0. The first-order chi connectivity index (χ1) is 18.6. The summed E-state index contributed by atoms with van der Waals surface area (Å²) in [7, 11) is 1.45. The van der Waals surface area contributed by atoms with Crippen molar-refractivity contribution in [2.45, 2.75) is 57.4 Å². The van der Waals surface area contributed by atoms with E-state index in [0.29, 0.717) is 18.4 Å². The summed E-state index contributed by atoms with van der Waals surface area (Å²) in [6.45, 7) is 4.62. The molecule has 0 spiro atoms. The number of hydrogen-bond acceptors (Lipinski definition) is 4. The number of nitrogens with zero attached hydrogens (tertiary/aromatic N) is 3. The van der Waals surface area contributed by atoms with Crippen LogP contribution in [0.4, 0.5) is 10.5 Å². The molecule has 5 rings (SSSR count). The molecular weight excluding hydrogens is 474 g/mol. The van der Waals surface area contributed by atoms with Crippen molar-refractivity contribution < 1.29 is 14.3 Å². The van der Waals surface area contributed by atoms with Crippen LogP contribution in [0, 0.1) is 5.92 Å². The number of amides is 2. The predicted molar refractivity (Wildman–Crippen MR) is 152 cm³/mol. The van der Waals surface area contributed by atoms with Gasteiger partial charge in [-0.25, -0.2) is 4.79 Å². The van der Waals surface area contributed by atoms with Crippen molar-refractivity contribution in [2.75, 3.05) is 44.7 Å². The molecule has 0 atom stereocenters. The average Bonchev–Trinajstić information content (AvgIpc) is 3.22. The van der Waals surface area contributed by atoms with Crippen molar-refractivity contribution in [3.05, 3.63) is 71.3 Å². The van der Waals surface area contributed by atoms with Gasteiger partial charge in [0, 0.05) is 50.9 Å². The van der Waals surface area contributed by atoms with Crippen LogP contribution in [0.15, 0.2) is 54.6 Å². The van der Waals surface area contributed by atoms with Crippen LogP contribution in [0.1, 0.15) is 55.2 Å². The Morgan fingerprint density at radius 1 is 0.947 bits per heavy atom. The first-order valence-corrected chi connectivity index (χ1v) is 14.3. The van der Waals surface area contributed by atoms with Gasteiger partial charge in [0.1, 0.15) is 0 Å². The smallest absolute Gasteiger partial charge is 0.324 e. The number of esters is 1. The van der Waals surface area contributed by atoms with E-state index in [4.69, 9.17) is 4.74 Å². The van der Waals surface area contributed by atoms with Gasteiger partial charge in [-0.15, -0.1) is 0 Å². The largest absolute Gasteiger partial charge is 0.469 e. The summed E-state index contributed by atoms with van der Waals surface area (Å²) in [4.78, 5) is 31.5. The van der Waals surface area contributed by atoms with Crippen LogP contribution in [0.2, 0.25) is 0 Å². The van der Waals surface area contributed by atoms with Gasteiger partial charge in [0.05, 0.1) is 7.11 Å². The minimum absolute atomic E-state index is 0.120. The van der Waals surface area contributed by atoms with E-state index in [0.717, 1.165) is 83.4 Å². The highest BCUT2D eigenvalue weighted by Crippen LogP contribution is 2.33. The second-order valence-corrected chi connectivity index (χ2v) is 11.0. The summed E-state index contributed by atoms with van der Waals surface area (Å²) in [6, 6.07) is 17.6. The number of fused-ring (bicyclic) bond motifs is 1. The lowest BCUT2D eigenvalue weighted by Gasteiger charge is -2.34. The van der Waals surface area contributed by atoms with Crippen LogP contribution >= 0.6 is 0 Å². The quantitative estimate of drug-likeness (QED) is 0.432. The van der Waals surface area contributed by atoms with E-state index >= 15 is 0 Å². The van der Waals surface area contributed by atoms with Gasteiger partial charge in [-0.05, 0) is 79.7 Å². The molecule has 2 fully saturated rings. The third kappa shape index (κ3) is 6.47. The number of methoxy groups -OCH3 is 1. The molecule has 0 N–H and O–H groups in total. The number of benzene rings is 2. The number of carbonyl (C=O) groups excluding carboxylic acids is 2. The van der Waals surface area contributed by atoms with Crippen molar-refractivity contribution in [2.24, 2.45) is 5.92 Å². The molecule has 1 aliphatic carbocycles. The van der Waals surface area contributed by atoms with Crippen LogP contribution < -0.4 is 4.90 Å². The summed E-state index contributed by atoms with van der Waals surface area (Å²) < 4.78 is 4.79. The number of urea groups is 1. The Kier molecular flexibility index (Phi) is 8.79. The normalized spacial score (nSPS) is 22.5. The Bertz CT molecular complexity index is 1120. The lowest BCUT2D eigenvalue weighted by molar-refractivity contribution is -0.141. The van der Waals surface area contributed by atoms with Crippen molar-refractivity contribution >= 4 is 23.8 Å². The zero-order valence-corrected chi connectivity index (χ0v) is 22.7. The Morgan fingerprint density at radius 2 is 1.71 bits per heavy atom. The van der Waals surface area contributed by atoms with Gasteiger partial charge in [-0.1, -0.05) is 48.6 Å². The van der Waals surface area contributed by atoms with Gasteiger partial charge in [0.15, 0.2) is 0 Å². The van der Waals surface area contributed by atoms with E-state index in [9.17, 15) is 9.59 Å². The first-order valence-electron chi connectivity index (χ1n) is 14.3. The maximum Gasteiger partial charge on any atom is 0.324 e. The lowest BCUT2D eigenvalue weighted by atomic mass is 9.83. The van der Waals surface area contributed by atoms with Crippen molar-refractivity contribution in [3.63, 3.8) is 0 Å². The monoisotopic (exact) mass is 515 g/mol. The summed E-state index contributed by atoms with van der Waals surface area (Å²) in [5.74, 6) is 0.447. The molecule has 0 unspecified atom stereocenters. The fourth-order valence-electron chi connectivity index (χ4n) is 6.31.